The van der Waals surface area contributed by atoms with Crippen molar-refractivity contribution in [2.75, 3.05) is 0 Å². The van der Waals surface area contributed by atoms with Gasteiger partial charge in [0.05, 0.1) is 0 Å². The van der Waals surface area contributed by atoms with Crippen molar-refractivity contribution in [3.63, 3.8) is 0 Å². The summed E-state index contributed by atoms with van der Waals surface area (Å²) in [7, 11) is 0. The number of nitrogens with two attached hydrogens (primary N) is 2. The topological polar surface area (TPSA) is 119 Å². The highest BCUT2D eigenvalue weighted by atomic mass is 16.1. The third-order valence-electron chi connectivity index (χ3n) is 4.60. The minimum absolute atomic E-state index is 0.0657. The van der Waals surface area contributed by atoms with Gasteiger partial charge in [0.2, 0.25) is 11.8 Å². The van der Waals surface area contributed by atoms with Crippen molar-refractivity contribution >= 4 is 22.6 Å². The Labute approximate surface area is 153 Å². The summed E-state index contributed by atoms with van der Waals surface area (Å²) in [5.41, 5.74) is 14.3. The van der Waals surface area contributed by atoms with Crippen molar-refractivity contribution in [1.29, 1.82) is 0 Å². The average Bonchev–Trinajstić information content (AvgIpc) is 2.66. The summed E-state index contributed by atoms with van der Waals surface area (Å²) >= 11 is 0. The number of pyridine rings is 1. The Bertz CT molecular complexity index is 1260. The SMILES string of the molecule is NC(=O)c1ccc(C(N)=O)c(-c2ccc3c4ccc(=O)cc-4[nH]cc3c2)c1. The number of benzene rings is 3. The first-order valence-electron chi connectivity index (χ1n) is 8.23. The molecule has 0 bridgehead atoms. The van der Waals surface area contributed by atoms with E-state index >= 15 is 0 Å². The van der Waals surface area contributed by atoms with E-state index < -0.39 is 11.8 Å². The van der Waals surface area contributed by atoms with Crippen molar-refractivity contribution in [3.8, 4) is 22.4 Å². The van der Waals surface area contributed by atoms with Crippen LogP contribution in [0.25, 0.3) is 33.2 Å². The highest BCUT2D eigenvalue weighted by Crippen LogP contribution is 2.32. The number of primary amides is 2. The largest absolute Gasteiger partial charge is 0.366 e. The molecule has 132 valence electrons. The number of hydrogen-bond acceptors (Lipinski definition) is 3. The summed E-state index contributed by atoms with van der Waals surface area (Å²) in [5.74, 6) is -1.17. The maximum atomic E-state index is 11.8. The van der Waals surface area contributed by atoms with Crippen LogP contribution in [-0.2, 0) is 0 Å². The predicted molar refractivity (Wildman–Crippen MR) is 104 cm³/mol. The van der Waals surface area contributed by atoms with Gasteiger partial charge in [0.25, 0.3) is 0 Å². The van der Waals surface area contributed by atoms with Gasteiger partial charge in [-0.2, -0.15) is 0 Å². The number of hydrogen-bond donors (Lipinski definition) is 3. The Morgan fingerprint density at radius 1 is 0.815 bits per heavy atom. The second kappa shape index (κ2) is 6.10. The van der Waals surface area contributed by atoms with E-state index in [1.807, 2.05) is 18.2 Å². The molecule has 0 atom stereocenters. The Kier molecular flexibility index (Phi) is 3.74. The lowest BCUT2D eigenvalue weighted by molar-refractivity contribution is 0.0989. The van der Waals surface area contributed by atoms with Crippen molar-refractivity contribution in [2.24, 2.45) is 11.5 Å². The molecule has 5 N–H and O–H groups in total. The van der Waals surface area contributed by atoms with Gasteiger partial charge < -0.3 is 16.5 Å². The zero-order chi connectivity index (χ0) is 19.1. The van der Waals surface area contributed by atoms with Crippen LogP contribution in [0.5, 0.6) is 0 Å². The molecule has 1 heterocycles. The van der Waals surface area contributed by atoms with E-state index in [9.17, 15) is 14.4 Å². The Hall–Kier alpha value is -3.93. The molecule has 4 rings (SSSR count). The molecule has 0 unspecified atom stereocenters. The summed E-state index contributed by atoms with van der Waals surface area (Å²) in [6.45, 7) is 0. The van der Waals surface area contributed by atoms with Gasteiger partial charge in [-0.05, 0) is 58.3 Å². The predicted octanol–water partition coefficient (Wildman–Crippen LogP) is 2.50. The van der Waals surface area contributed by atoms with E-state index in [0.717, 1.165) is 27.6 Å². The molecule has 27 heavy (non-hydrogen) atoms. The molecule has 1 aliphatic carbocycles. The summed E-state index contributed by atoms with van der Waals surface area (Å²) in [4.78, 5) is 38.0. The van der Waals surface area contributed by atoms with Crippen LogP contribution < -0.4 is 16.9 Å². The van der Waals surface area contributed by atoms with Crippen molar-refractivity contribution < 1.29 is 9.59 Å². The van der Waals surface area contributed by atoms with Gasteiger partial charge in [-0.1, -0.05) is 12.1 Å². The molecule has 1 aliphatic heterocycles. The normalized spacial score (nSPS) is 11.0. The lowest BCUT2D eigenvalue weighted by atomic mass is 9.93. The standard InChI is InChI=1S/C21H15N3O3/c22-20(26)12-2-5-17(21(23)27)18(8-12)11-1-4-15-13(7-11)10-24-19-9-14(25)3-6-16(15)19/h1-10,24H,(H2,22,26)(H2,23,27). The molecule has 0 spiro atoms. The molecule has 0 saturated heterocycles. The summed E-state index contributed by atoms with van der Waals surface area (Å²) in [5, 5.41) is 1.85. The van der Waals surface area contributed by atoms with Gasteiger partial charge in [0.1, 0.15) is 0 Å². The third kappa shape index (κ3) is 2.83. The first-order chi connectivity index (χ1) is 12.9. The number of rotatable bonds is 3. The van der Waals surface area contributed by atoms with Crippen LogP contribution in [0.1, 0.15) is 20.7 Å². The van der Waals surface area contributed by atoms with Gasteiger partial charge >= 0.3 is 0 Å². The van der Waals surface area contributed by atoms with E-state index in [1.165, 1.54) is 18.2 Å². The fourth-order valence-electron chi connectivity index (χ4n) is 3.28. The number of aromatic amines is 1. The number of amides is 2. The molecular weight excluding hydrogens is 342 g/mol. The first-order valence-corrected chi connectivity index (χ1v) is 8.23. The number of fused-ring (bicyclic) bond motifs is 3. The fourth-order valence-corrected chi connectivity index (χ4v) is 3.28. The summed E-state index contributed by atoms with van der Waals surface area (Å²) in [6.07, 6.45) is 1.79. The smallest absolute Gasteiger partial charge is 0.249 e. The molecule has 6 nitrogen and oxygen atoms in total. The van der Waals surface area contributed by atoms with Crippen LogP contribution in [-0.4, -0.2) is 16.8 Å². The first kappa shape index (κ1) is 16.5. The molecule has 6 heteroatoms. The Morgan fingerprint density at radius 3 is 2.37 bits per heavy atom. The second-order valence-corrected chi connectivity index (χ2v) is 6.29. The van der Waals surface area contributed by atoms with Crippen molar-refractivity contribution in [3.05, 3.63) is 82.1 Å². The highest BCUT2D eigenvalue weighted by Gasteiger charge is 2.15. The molecule has 0 radical (unpaired) electrons. The van der Waals surface area contributed by atoms with Crippen LogP contribution in [0, 0.1) is 0 Å². The molecule has 2 aromatic rings. The maximum absolute atomic E-state index is 11.8. The van der Waals surface area contributed by atoms with Crippen LogP contribution in [0.15, 0.2) is 65.6 Å². The van der Waals surface area contributed by atoms with Crippen molar-refractivity contribution in [1.82, 2.24) is 4.98 Å². The summed E-state index contributed by atoms with van der Waals surface area (Å²) in [6, 6.07) is 15.0. The van der Waals surface area contributed by atoms with E-state index in [1.54, 1.807) is 24.4 Å². The zero-order valence-corrected chi connectivity index (χ0v) is 14.2. The number of aromatic nitrogens is 1. The second-order valence-electron chi connectivity index (χ2n) is 6.29. The molecule has 0 fully saturated rings. The quantitative estimate of drug-likeness (QED) is 0.489. The van der Waals surface area contributed by atoms with Gasteiger partial charge in [0.15, 0.2) is 5.43 Å². The van der Waals surface area contributed by atoms with Crippen molar-refractivity contribution in [2.45, 2.75) is 0 Å². The molecule has 2 aromatic carbocycles. The Morgan fingerprint density at radius 2 is 1.63 bits per heavy atom. The van der Waals surface area contributed by atoms with Crippen LogP contribution in [0.3, 0.4) is 0 Å². The third-order valence-corrected chi connectivity index (χ3v) is 4.60. The molecular formula is C21H15N3O3. The molecule has 2 amide bonds. The molecule has 2 aliphatic rings. The highest BCUT2D eigenvalue weighted by molar-refractivity contribution is 6.04. The monoisotopic (exact) mass is 357 g/mol. The maximum Gasteiger partial charge on any atom is 0.249 e. The van der Waals surface area contributed by atoms with E-state index in [4.69, 9.17) is 11.5 Å². The minimum Gasteiger partial charge on any atom is -0.366 e. The van der Waals surface area contributed by atoms with Gasteiger partial charge in [-0.3, -0.25) is 14.4 Å². The fraction of sp³-hybridized carbons (Fsp3) is 0. The summed E-state index contributed by atoms with van der Waals surface area (Å²) < 4.78 is 0. The molecule has 0 saturated carbocycles. The van der Waals surface area contributed by atoms with E-state index in [0.29, 0.717) is 16.7 Å². The van der Waals surface area contributed by atoms with Gasteiger partial charge in [-0.15, -0.1) is 0 Å². The number of carbonyl (C=O) groups is 2. The van der Waals surface area contributed by atoms with Crippen LogP contribution in [0.2, 0.25) is 0 Å². The average molecular weight is 357 g/mol. The van der Waals surface area contributed by atoms with E-state index in [2.05, 4.69) is 4.98 Å². The lowest BCUT2D eigenvalue weighted by Crippen LogP contribution is -2.15. The number of carbonyl (C=O) groups excluding carboxylic acids is 2. The van der Waals surface area contributed by atoms with E-state index in [-0.39, 0.29) is 5.43 Å². The zero-order valence-electron chi connectivity index (χ0n) is 14.2. The Balaban J connectivity index is 1.96. The minimum atomic E-state index is -0.589. The number of nitrogens with one attached hydrogen (secondary N) is 1. The van der Waals surface area contributed by atoms with Crippen LogP contribution in [0.4, 0.5) is 0 Å². The van der Waals surface area contributed by atoms with Gasteiger partial charge in [-0.25, -0.2) is 0 Å². The van der Waals surface area contributed by atoms with Crippen LogP contribution >= 0.6 is 0 Å². The number of H-pyrrole nitrogens is 1. The molecule has 0 aromatic heterocycles. The van der Waals surface area contributed by atoms with Gasteiger partial charge in [0, 0.05) is 34.6 Å². The lowest BCUT2D eigenvalue weighted by Gasteiger charge is -2.13.